The van der Waals surface area contributed by atoms with Crippen molar-refractivity contribution in [3.05, 3.63) is 77.9 Å². The molecule has 3 aromatic carbocycles. The van der Waals surface area contributed by atoms with Crippen LogP contribution in [-0.4, -0.2) is 66.9 Å². The van der Waals surface area contributed by atoms with E-state index in [1.54, 1.807) is 52.0 Å². The molecule has 3 aromatic rings. The molecule has 7 N–H and O–H groups in total. The summed E-state index contributed by atoms with van der Waals surface area (Å²) in [6, 6.07) is 20.2. The topological polar surface area (TPSA) is 178 Å². The third-order valence-corrected chi connectivity index (χ3v) is 11.9. The highest BCUT2D eigenvalue weighted by Crippen LogP contribution is 2.69. The zero-order chi connectivity index (χ0) is 33.7. The summed E-state index contributed by atoms with van der Waals surface area (Å²) < 4.78 is 0. The standard InChI is InChI=1S/C37H41NO8/c1-17(2)26-30(41)25(33(38)44)31(42)37(46)32(43)27-29(40)24-23(18(3)35(27,4)34(45)36(26,37)5)21(19-12-8-6-9-13-19)16-22(28(24)39)20-14-10-7-11-15-20/h6-18,25-27,30,32,34,39,41,43,45-46H,1-5H3,(H2,38,44)/t18-,25-,26+,27-,30?,32?,34-,35+,36+,37+/m1/s1. The minimum atomic E-state index is -2.84. The van der Waals surface area contributed by atoms with Crippen molar-refractivity contribution in [1.29, 1.82) is 0 Å². The molecule has 2 saturated carbocycles. The molecule has 0 aliphatic heterocycles. The molecule has 3 aliphatic carbocycles. The Balaban J connectivity index is 1.68. The van der Waals surface area contributed by atoms with Crippen molar-refractivity contribution >= 4 is 17.5 Å². The summed E-state index contributed by atoms with van der Waals surface area (Å²) in [6.07, 6.45) is -5.42. The second kappa shape index (κ2) is 10.6. The second-order valence-corrected chi connectivity index (χ2v) is 14.2. The highest BCUT2D eigenvalue weighted by Gasteiger charge is 2.80. The molecule has 0 saturated heterocycles. The molecule has 0 spiro atoms. The van der Waals surface area contributed by atoms with Gasteiger partial charge in [-0.3, -0.25) is 14.4 Å². The first-order valence-corrected chi connectivity index (χ1v) is 15.7. The van der Waals surface area contributed by atoms with Crippen LogP contribution in [0.4, 0.5) is 0 Å². The van der Waals surface area contributed by atoms with E-state index in [1.807, 2.05) is 42.5 Å². The summed E-state index contributed by atoms with van der Waals surface area (Å²) in [7, 11) is 0. The third-order valence-electron chi connectivity index (χ3n) is 11.9. The minimum absolute atomic E-state index is 0.0659. The van der Waals surface area contributed by atoms with Gasteiger partial charge in [-0.2, -0.15) is 0 Å². The molecular weight excluding hydrogens is 586 g/mol. The summed E-state index contributed by atoms with van der Waals surface area (Å²) in [5, 5.41) is 60.6. The van der Waals surface area contributed by atoms with Crippen LogP contribution in [0.25, 0.3) is 22.3 Å². The number of aliphatic hydroxyl groups excluding tert-OH is 3. The van der Waals surface area contributed by atoms with Gasteiger partial charge in [-0.1, -0.05) is 95.3 Å². The van der Waals surface area contributed by atoms with Gasteiger partial charge >= 0.3 is 0 Å². The average molecular weight is 628 g/mol. The first-order chi connectivity index (χ1) is 21.6. The lowest BCUT2D eigenvalue weighted by molar-refractivity contribution is -0.306. The third kappa shape index (κ3) is 3.80. The Hall–Kier alpha value is -3.89. The van der Waals surface area contributed by atoms with E-state index >= 15 is 0 Å². The number of hydrogen-bond donors (Lipinski definition) is 6. The summed E-state index contributed by atoms with van der Waals surface area (Å²) in [5.41, 5.74) is 2.13. The minimum Gasteiger partial charge on any atom is -0.507 e. The molecule has 1 amide bonds. The van der Waals surface area contributed by atoms with Crippen molar-refractivity contribution in [2.75, 3.05) is 0 Å². The predicted molar refractivity (Wildman–Crippen MR) is 170 cm³/mol. The molecular formula is C37H41NO8. The lowest BCUT2D eigenvalue weighted by atomic mass is 9.36. The zero-order valence-electron chi connectivity index (χ0n) is 26.5. The van der Waals surface area contributed by atoms with Crippen LogP contribution in [0, 0.1) is 34.5 Å². The summed E-state index contributed by atoms with van der Waals surface area (Å²) in [4.78, 5) is 41.5. The highest BCUT2D eigenvalue weighted by molar-refractivity contribution is 6.11. The fourth-order valence-electron chi connectivity index (χ4n) is 9.59. The van der Waals surface area contributed by atoms with Gasteiger partial charge in [0.25, 0.3) is 0 Å². The maximum absolute atomic E-state index is 14.9. The zero-order valence-corrected chi connectivity index (χ0v) is 26.5. The van der Waals surface area contributed by atoms with Gasteiger partial charge < -0.3 is 31.3 Å². The second-order valence-electron chi connectivity index (χ2n) is 14.2. The number of phenols is 1. The van der Waals surface area contributed by atoms with Gasteiger partial charge in [-0.25, -0.2) is 0 Å². The van der Waals surface area contributed by atoms with Gasteiger partial charge in [-0.05, 0) is 46.1 Å². The molecule has 10 atom stereocenters. The smallest absolute Gasteiger partial charge is 0.230 e. The van der Waals surface area contributed by atoms with E-state index in [4.69, 9.17) is 5.73 Å². The van der Waals surface area contributed by atoms with Crippen LogP contribution in [0.1, 0.15) is 56.5 Å². The Labute approximate surface area is 267 Å². The molecule has 0 radical (unpaired) electrons. The SMILES string of the molecule is CC(C)[C@H]1C(O)[C@@H](C(N)=O)C(=O)[C@]2(O)C(O)[C@H]3C(=O)c4c(O)c(-c5ccccc5)cc(-c5ccccc5)c4[C@@H](C)[C@]3(C)[C@@H](O)[C@]12C. The molecule has 0 aromatic heterocycles. The van der Waals surface area contributed by atoms with E-state index in [9.17, 15) is 39.9 Å². The van der Waals surface area contributed by atoms with E-state index in [1.165, 1.54) is 6.92 Å². The largest absolute Gasteiger partial charge is 0.507 e. The monoisotopic (exact) mass is 627 g/mol. The van der Waals surface area contributed by atoms with E-state index in [2.05, 4.69) is 0 Å². The number of benzene rings is 3. The number of aromatic hydroxyl groups is 1. The number of rotatable bonds is 4. The Bertz CT molecular complexity index is 1740. The first-order valence-electron chi connectivity index (χ1n) is 15.7. The number of fused-ring (bicyclic) bond motifs is 3. The summed E-state index contributed by atoms with van der Waals surface area (Å²) in [5.74, 6) is -9.24. The molecule has 46 heavy (non-hydrogen) atoms. The van der Waals surface area contributed by atoms with Crippen molar-refractivity contribution < 1.29 is 39.9 Å². The molecule has 2 unspecified atom stereocenters. The molecule has 9 nitrogen and oxygen atoms in total. The van der Waals surface area contributed by atoms with Crippen LogP contribution in [0.3, 0.4) is 0 Å². The number of ketones is 2. The molecule has 9 heteroatoms. The quantitative estimate of drug-likeness (QED) is 0.238. The molecule has 2 fully saturated rings. The Morgan fingerprint density at radius 3 is 1.91 bits per heavy atom. The van der Waals surface area contributed by atoms with Gasteiger partial charge in [0.05, 0.1) is 23.7 Å². The number of phenolic OH excluding ortho intramolecular Hbond substituents is 1. The van der Waals surface area contributed by atoms with Gasteiger partial charge in [0, 0.05) is 16.4 Å². The van der Waals surface area contributed by atoms with E-state index < -0.39 is 81.8 Å². The van der Waals surface area contributed by atoms with Gasteiger partial charge in [-0.15, -0.1) is 0 Å². The van der Waals surface area contributed by atoms with Crippen LogP contribution >= 0.6 is 0 Å². The van der Waals surface area contributed by atoms with Crippen LogP contribution < -0.4 is 5.73 Å². The Morgan fingerprint density at radius 2 is 1.41 bits per heavy atom. The van der Waals surface area contributed by atoms with Crippen LogP contribution in [-0.2, 0) is 9.59 Å². The molecule has 3 aliphatic rings. The van der Waals surface area contributed by atoms with E-state index in [0.29, 0.717) is 22.3 Å². The van der Waals surface area contributed by atoms with Gasteiger partial charge in [0.1, 0.15) is 17.8 Å². The van der Waals surface area contributed by atoms with Gasteiger partial charge in [0.15, 0.2) is 17.2 Å². The fraction of sp³-hybridized carbons (Fsp3) is 0.432. The van der Waals surface area contributed by atoms with Crippen molar-refractivity contribution in [1.82, 2.24) is 0 Å². The van der Waals surface area contributed by atoms with Crippen molar-refractivity contribution in [3.8, 4) is 28.0 Å². The number of carbonyl (C=O) groups is 3. The Morgan fingerprint density at radius 1 is 0.891 bits per heavy atom. The highest BCUT2D eigenvalue weighted by atomic mass is 16.4. The lowest BCUT2D eigenvalue weighted by Crippen LogP contribution is -2.83. The molecule has 6 rings (SSSR count). The Kier molecular flexibility index (Phi) is 7.37. The molecule has 0 heterocycles. The van der Waals surface area contributed by atoms with Crippen LogP contribution in [0.5, 0.6) is 5.75 Å². The fourth-order valence-corrected chi connectivity index (χ4v) is 9.59. The number of amides is 1. The van der Waals surface area contributed by atoms with E-state index in [0.717, 1.165) is 5.56 Å². The van der Waals surface area contributed by atoms with Crippen molar-refractivity contribution in [2.24, 2.45) is 40.2 Å². The molecule has 0 bridgehead atoms. The lowest BCUT2D eigenvalue weighted by Gasteiger charge is -2.69. The maximum atomic E-state index is 14.9. The summed E-state index contributed by atoms with van der Waals surface area (Å²) in [6.45, 7) is 8.33. The number of Topliss-reactive ketones (excluding diaryl/α,β-unsaturated/α-hetero) is 2. The number of aliphatic hydroxyl groups is 4. The predicted octanol–water partition coefficient (Wildman–Crippen LogP) is 3.44. The normalized spacial score (nSPS) is 37.0. The van der Waals surface area contributed by atoms with E-state index in [-0.39, 0.29) is 11.3 Å². The van der Waals surface area contributed by atoms with Crippen molar-refractivity contribution in [2.45, 2.75) is 64.4 Å². The first kappa shape index (κ1) is 32.1. The number of hydrogen-bond acceptors (Lipinski definition) is 8. The van der Waals surface area contributed by atoms with Crippen LogP contribution in [0.2, 0.25) is 0 Å². The number of carbonyl (C=O) groups excluding carboxylic acids is 3. The average Bonchev–Trinajstić information content (AvgIpc) is 3.01. The number of primary amides is 1. The maximum Gasteiger partial charge on any atom is 0.230 e. The number of nitrogens with two attached hydrogens (primary N) is 1. The van der Waals surface area contributed by atoms with Crippen LogP contribution in [0.15, 0.2) is 66.7 Å². The van der Waals surface area contributed by atoms with Crippen molar-refractivity contribution in [3.63, 3.8) is 0 Å². The van der Waals surface area contributed by atoms with Gasteiger partial charge in [0.2, 0.25) is 5.91 Å². The summed E-state index contributed by atoms with van der Waals surface area (Å²) >= 11 is 0. The molecule has 242 valence electrons.